The second-order valence-electron chi connectivity index (χ2n) is 7.10. The summed E-state index contributed by atoms with van der Waals surface area (Å²) >= 11 is 2.91. The SMILES string of the molecule is N#Cc1c(NC(=O)C=Cc2cccs2)sc2c1CCC(OC(=O)NCc1ccccn1)C2. The number of amides is 2. The molecule has 0 radical (unpaired) electrons. The molecular formula is C23H20N4O3S2. The Morgan fingerprint density at radius 1 is 1.31 bits per heavy atom. The number of hydrogen-bond donors (Lipinski definition) is 2. The van der Waals surface area contributed by atoms with Crippen LogP contribution in [-0.2, 0) is 28.9 Å². The molecule has 4 rings (SSSR count). The Labute approximate surface area is 193 Å². The van der Waals surface area contributed by atoms with Gasteiger partial charge in [0.1, 0.15) is 17.2 Å². The number of nitrogens with zero attached hydrogens (tertiary/aromatic N) is 2. The van der Waals surface area contributed by atoms with Crippen LogP contribution in [0.1, 0.15) is 33.0 Å². The average Bonchev–Trinajstić information content (AvgIpc) is 3.44. The third-order valence-electron chi connectivity index (χ3n) is 4.92. The minimum Gasteiger partial charge on any atom is -0.446 e. The summed E-state index contributed by atoms with van der Waals surface area (Å²) in [4.78, 5) is 30.6. The van der Waals surface area contributed by atoms with Gasteiger partial charge in [-0.05, 0) is 48.1 Å². The van der Waals surface area contributed by atoms with E-state index in [1.54, 1.807) is 23.6 Å². The number of pyridine rings is 1. The van der Waals surface area contributed by atoms with Gasteiger partial charge in [-0.15, -0.1) is 22.7 Å². The quantitative estimate of drug-likeness (QED) is 0.522. The first-order valence-corrected chi connectivity index (χ1v) is 11.7. The van der Waals surface area contributed by atoms with E-state index < -0.39 is 6.09 Å². The molecular weight excluding hydrogens is 444 g/mol. The molecule has 1 aliphatic carbocycles. The smallest absolute Gasteiger partial charge is 0.407 e. The fraction of sp³-hybridized carbons (Fsp3) is 0.217. The summed E-state index contributed by atoms with van der Waals surface area (Å²) in [6.45, 7) is 0.296. The normalized spacial score (nSPS) is 15.0. The van der Waals surface area contributed by atoms with Gasteiger partial charge in [0.15, 0.2) is 0 Å². The lowest BCUT2D eigenvalue weighted by atomic mass is 9.94. The minimum absolute atomic E-state index is 0.279. The Morgan fingerprint density at radius 2 is 2.22 bits per heavy atom. The highest BCUT2D eigenvalue weighted by molar-refractivity contribution is 7.16. The number of nitrogens with one attached hydrogen (secondary N) is 2. The number of fused-ring (bicyclic) bond motifs is 1. The van der Waals surface area contributed by atoms with Crippen molar-refractivity contribution in [3.63, 3.8) is 0 Å². The second kappa shape index (κ2) is 10.2. The molecule has 1 unspecified atom stereocenters. The van der Waals surface area contributed by atoms with Crippen LogP contribution >= 0.6 is 22.7 Å². The molecule has 0 saturated heterocycles. The number of ether oxygens (including phenoxy) is 1. The Kier molecular flexibility index (Phi) is 6.94. The summed E-state index contributed by atoms with van der Waals surface area (Å²) in [6.07, 6.45) is 5.87. The van der Waals surface area contributed by atoms with Crippen molar-refractivity contribution in [2.24, 2.45) is 0 Å². The maximum absolute atomic E-state index is 12.3. The highest BCUT2D eigenvalue weighted by atomic mass is 32.1. The molecule has 0 bridgehead atoms. The summed E-state index contributed by atoms with van der Waals surface area (Å²) in [5.41, 5.74) is 2.19. The van der Waals surface area contributed by atoms with Gasteiger partial charge >= 0.3 is 6.09 Å². The standard InChI is InChI=1S/C23H20N4O3S2/c24-13-19-18-8-6-16(30-23(29)26-14-15-4-1-2-10-25-15)12-20(18)32-22(19)27-21(28)9-7-17-5-3-11-31-17/h1-5,7,9-11,16H,6,8,12,14H2,(H,26,29)(H,27,28). The van der Waals surface area contributed by atoms with Crippen LogP contribution in [0.25, 0.3) is 6.08 Å². The van der Waals surface area contributed by atoms with Gasteiger partial charge in [-0.1, -0.05) is 12.1 Å². The van der Waals surface area contributed by atoms with Crippen molar-refractivity contribution in [2.45, 2.75) is 31.9 Å². The average molecular weight is 465 g/mol. The number of carbonyl (C=O) groups excluding carboxylic acids is 2. The van der Waals surface area contributed by atoms with E-state index in [1.807, 2.05) is 35.7 Å². The Morgan fingerprint density at radius 3 is 2.97 bits per heavy atom. The molecule has 2 amide bonds. The predicted molar refractivity (Wildman–Crippen MR) is 124 cm³/mol. The van der Waals surface area contributed by atoms with E-state index in [4.69, 9.17) is 4.74 Å². The van der Waals surface area contributed by atoms with Crippen molar-refractivity contribution in [2.75, 3.05) is 5.32 Å². The van der Waals surface area contributed by atoms with Crippen LogP contribution in [0.3, 0.4) is 0 Å². The molecule has 3 heterocycles. The van der Waals surface area contributed by atoms with Gasteiger partial charge in [0.2, 0.25) is 5.91 Å². The Balaban J connectivity index is 1.36. The van der Waals surface area contributed by atoms with Crippen LogP contribution in [0.5, 0.6) is 0 Å². The lowest BCUT2D eigenvalue weighted by Gasteiger charge is -2.22. The summed E-state index contributed by atoms with van der Waals surface area (Å²) in [5.74, 6) is -0.282. The second-order valence-corrected chi connectivity index (χ2v) is 9.19. The number of nitriles is 1. The molecule has 0 fully saturated rings. The van der Waals surface area contributed by atoms with Crippen molar-refractivity contribution in [1.82, 2.24) is 10.3 Å². The first-order chi connectivity index (χ1) is 15.6. The van der Waals surface area contributed by atoms with E-state index in [-0.39, 0.29) is 12.0 Å². The third-order valence-corrected chi connectivity index (χ3v) is 6.93. The topological polar surface area (TPSA) is 104 Å². The van der Waals surface area contributed by atoms with E-state index in [9.17, 15) is 14.9 Å². The number of anilines is 1. The van der Waals surface area contributed by atoms with Gasteiger partial charge in [0, 0.05) is 28.4 Å². The Bertz CT molecular complexity index is 1160. The van der Waals surface area contributed by atoms with E-state index in [1.165, 1.54) is 17.4 Å². The fourth-order valence-corrected chi connectivity index (χ4v) is 5.30. The zero-order chi connectivity index (χ0) is 22.3. The van der Waals surface area contributed by atoms with Crippen molar-refractivity contribution >= 4 is 45.8 Å². The van der Waals surface area contributed by atoms with E-state index in [0.717, 1.165) is 21.0 Å². The lowest BCUT2D eigenvalue weighted by Crippen LogP contribution is -2.31. The molecule has 9 heteroatoms. The third kappa shape index (κ3) is 5.41. The van der Waals surface area contributed by atoms with Crippen molar-refractivity contribution in [3.8, 4) is 6.07 Å². The first-order valence-electron chi connectivity index (χ1n) is 10.0. The van der Waals surface area contributed by atoms with E-state index in [2.05, 4.69) is 21.7 Å². The molecule has 3 aromatic rings. The Hall–Kier alpha value is -3.48. The highest BCUT2D eigenvalue weighted by Gasteiger charge is 2.28. The maximum Gasteiger partial charge on any atom is 0.407 e. The van der Waals surface area contributed by atoms with E-state index in [0.29, 0.717) is 36.4 Å². The molecule has 3 aromatic heterocycles. The zero-order valence-corrected chi connectivity index (χ0v) is 18.7. The molecule has 7 nitrogen and oxygen atoms in total. The maximum atomic E-state index is 12.3. The molecule has 162 valence electrons. The summed E-state index contributed by atoms with van der Waals surface area (Å²) in [5, 5.41) is 17.7. The van der Waals surface area contributed by atoms with Gasteiger partial charge in [0.05, 0.1) is 17.8 Å². The van der Waals surface area contributed by atoms with Gasteiger partial charge in [-0.2, -0.15) is 5.26 Å². The first kappa shape index (κ1) is 21.7. The molecule has 0 spiro atoms. The van der Waals surface area contributed by atoms with Crippen molar-refractivity contribution < 1.29 is 14.3 Å². The van der Waals surface area contributed by atoms with Crippen molar-refractivity contribution in [1.29, 1.82) is 5.26 Å². The molecule has 0 aromatic carbocycles. The van der Waals surface area contributed by atoms with Gasteiger partial charge < -0.3 is 15.4 Å². The molecule has 32 heavy (non-hydrogen) atoms. The summed E-state index contributed by atoms with van der Waals surface area (Å²) in [6, 6.07) is 11.6. The predicted octanol–water partition coefficient (Wildman–Crippen LogP) is 4.51. The molecule has 2 N–H and O–H groups in total. The van der Waals surface area contributed by atoms with Crippen molar-refractivity contribution in [3.05, 3.63) is 74.6 Å². The van der Waals surface area contributed by atoms with E-state index >= 15 is 0 Å². The number of hydrogen-bond acceptors (Lipinski definition) is 7. The number of rotatable bonds is 6. The fourth-order valence-electron chi connectivity index (χ4n) is 3.42. The monoisotopic (exact) mass is 464 g/mol. The van der Waals surface area contributed by atoms with Gasteiger partial charge in [-0.3, -0.25) is 9.78 Å². The number of carbonyl (C=O) groups is 2. The summed E-state index contributed by atoms with van der Waals surface area (Å²) < 4.78 is 5.56. The number of alkyl carbamates (subject to hydrolysis) is 1. The summed E-state index contributed by atoms with van der Waals surface area (Å²) in [7, 11) is 0. The van der Waals surface area contributed by atoms with Crippen LogP contribution in [0, 0.1) is 11.3 Å². The minimum atomic E-state index is -0.492. The number of thiophene rings is 2. The van der Waals surface area contributed by atoms with Crippen LogP contribution in [0.4, 0.5) is 9.80 Å². The van der Waals surface area contributed by atoms with Crippen LogP contribution in [-0.4, -0.2) is 23.1 Å². The molecule has 0 saturated carbocycles. The zero-order valence-electron chi connectivity index (χ0n) is 17.0. The lowest BCUT2D eigenvalue weighted by molar-refractivity contribution is -0.111. The highest BCUT2D eigenvalue weighted by Crippen LogP contribution is 2.38. The largest absolute Gasteiger partial charge is 0.446 e. The number of aromatic nitrogens is 1. The molecule has 1 aliphatic rings. The van der Waals surface area contributed by atoms with Gasteiger partial charge in [0.25, 0.3) is 0 Å². The van der Waals surface area contributed by atoms with Crippen LogP contribution in [0.15, 0.2) is 48.0 Å². The molecule has 1 atom stereocenters. The molecule has 0 aliphatic heterocycles. The van der Waals surface area contributed by atoms with Crippen LogP contribution < -0.4 is 10.6 Å². The van der Waals surface area contributed by atoms with Gasteiger partial charge in [-0.25, -0.2) is 4.79 Å². The van der Waals surface area contributed by atoms with Crippen LogP contribution in [0.2, 0.25) is 0 Å².